The molecule has 3 N–H and O–H groups in total. The molecule has 3 rings (SSSR count). The molecular weight excluding hydrogens is 383 g/mol. The Hall–Kier alpha value is -1.79. The zero-order chi connectivity index (χ0) is 19.2. The van der Waals surface area contributed by atoms with Gasteiger partial charge < -0.3 is 20.9 Å². The summed E-state index contributed by atoms with van der Waals surface area (Å²) in [5, 5.41) is 4.34. The van der Waals surface area contributed by atoms with Gasteiger partial charge >= 0.3 is 0 Å². The van der Waals surface area contributed by atoms with Gasteiger partial charge in [-0.3, -0.25) is 4.79 Å². The Balaban J connectivity index is 1.45. The summed E-state index contributed by atoms with van der Waals surface area (Å²) in [6.45, 7) is 3.94. The first kappa shape index (κ1) is 20.0. The van der Waals surface area contributed by atoms with E-state index in [2.05, 4.69) is 10.2 Å². The monoisotopic (exact) mass is 406 g/mol. The Bertz CT molecular complexity index is 764. The number of piperazine rings is 1. The Labute approximate surface area is 170 Å². The fourth-order valence-corrected chi connectivity index (χ4v) is 3.45. The van der Waals surface area contributed by atoms with E-state index in [1.54, 1.807) is 6.07 Å². The smallest absolute Gasteiger partial charge is 0.240 e. The fraction of sp³-hybridized carbons (Fsp3) is 0.350. The molecule has 0 bridgehead atoms. The minimum atomic E-state index is -0.537. The van der Waals surface area contributed by atoms with Crippen molar-refractivity contribution in [1.29, 1.82) is 0 Å². The van der Waals surface area contributed by atoms with Crippen molar-refractivity contribution in [2.24, 2.45) is 5.73 Å². The van der Waals surface area contributed by atoms with Gasteiger partial charge in [0.15, 0.2) is 0 Å². The van der Waals surface area contributed by atoms with Crippen molar-refractivity contribution >= 4 is 34.8 Å². The van der Waals surface area contributed by atoms with Gasteiger partial charge in [0, 0.05) is 45.0 Å². The van der Waals surface area contributed by atoms with Gasteiger partial charge in [-0.05, 0) is 23.8 Å². The van der Waals surface area contributed by atoms with Crippen LogP contribution in [0.1, 0.15) is 5.56 Å². The van der Waals surface area contributed by atoms with Crippen molar-refractivity contribution in [3.8, 4) is 0 Å². The lowest BCUT2D eigenvalue weighted by Crippen LogP contribution is -2.55. The lowest BCUT2D eigenvalue weighted by Gasteiger charge is -2.37. The number of benzene rings is 2. The Kier molecular flexibility index (Phi) is 6.96. The molecule has 0 aromatic heterocycles. The molecule has 0 saturated carbocycles. The predicted octanol–water partition coefficient (Wildman–Crippen LogP) is 2.76. The number of anilines is 1. The summed E-state index contributed by atoms with van der Waals surface area (Å²) < 4.78 is 0. The third-order valence-corrected chi connectivity index (χ3v) is 5.45. The van der Waals surface area contributed by atoms with Crippen LogP contribution in [-0.2, 0) is 11.3 Å². The normalized spacial score (nSPS) is 15.7. The Morgan fingerprint density at radius 1 is 1.04 bits per heavy atom. The van der Waals surface area contributed by atoms with Crippen molar-refractivity contribution in [3.63, 3.8) is 0 Å². The molecule has 0 spiro atoms. The molecule has 0 radical (unpaired) electrons. The molecule has 1 atom stereocenters. The topological polar surface area (TPSA) is 61.6 Å². The van der Waals surface area contributed by atoms with Gasteiger partial charge in [-0.25, -0.2) is 0 Å². The molecule has 7 heteroatoms. The Morgan fingerprint density at radius 3 is 2.41 bits per heavy atom. The van der Waals surface area contributed by atoms with Crippen LogP contribution in [0, 0.1) is 0 Å². The van der Waals surface area contributed by atoms with E-state index in [-0.39, 0.29) is 5.91 Å². The maximum absolute atomic E-state index is 12.6. The molecule has 0 aliphatic carbocycles. The number of carbonyl (C=O) groups is 1. The number of nitrogens with two attached hydrogens (primary N) is 1. The lowest BCUT2D eigenvalue weighted by molar-refractivity contribution is -0.132. The van der Waals surface area contributed by atoms with Crippen LogP contribution in [0.15, 0.2) is 48.5 Å². The molecule has 2 aromatic rings. The van der Waals surface area contributed by atoms with Crippen molar-refractivity contribution in [2.75, 3.05) is 37.6 Å². The molecule has 1 fully saturated rings. The van der Waals surface area contributed by atoms with Crippen molar-refractivity contribution < 1.29 is 4.79 Å². The minimum Gasteiger partial charge on any atom is -0.368 e. The number of hydrogen-bond acceptors (Lipinski definition) is 4. The van der Waals surface area contributed by atoms with Crippen molar-refractivity contribution in [2.45, 2.75) is 12.6 Å². The Morgan fingerprint density at radius 2 is 1.74 bits per heavy atom. The molecule has 2 aromatic carbocycles. The maximum Gasteiger partial charge on any atom is 0.240 e. The van der Waals surface area contributed by atoms with Gasteiger partial charge in [-0.2, -0.15) is 0 Å². The van der Waals surface area contributed by atoms with Crippen LogP contribution in [0.3, 0.4) is 0 Å². The summed E-state index contributed by atoms with van der Waals surface area (Å²) in [5.74, 6) is -0.00986. The van der Waals surface area contributed by atoms with Crippen LogP contribution in [0.2, 0.25) is 10.0 Å². The van der Waals surface area contributed by atoms with E-state index in [0.717, 1.165) is 18.8 Å². The number of nitrogens with zero attached hydrogens (tertiary/aromatic N) is 2. The first-order valence-corrected chi connectivity index (χ1v) is 9.79. The first-order chi connectivity index (χ1) is 13.0. The third kappa shape index (κ3) is 5.36. The summed E-state index contributed by atoms with van der Waals surface area (Å²) >= 11 is 12.1. The number of amides is 1. The number of rotatable bonds is 6. The highest BCUT2D eigenvalue weighted by Crippen LogP contribution is 2.27. The van der Waals surface area contributed by atoms with E-state index >= 15 is 0 Å². The third-order valence-electron chi connectivity index (χ3n) is 4.71. The second-order valence-corrected chi connectivity index (χ2v) is 7.45. The molecule has 144 valence electrons. The first-order valence-electron chi connectivity index (χ1n) is 9.03. The molecule has 1 unspecified atom stereocenters. The zero-order valence-corrected chi connectivity index (χ0v) is 16.6. The average Bonchev–Trinajstić information content (AvgIpc) is 2.70. The number of nitrogens with one attached hydrogen (secondary N) is 1. The highest BCUT2D eigenvalue weighted by atomic mass is 35.5. The SMILES string of the molecule is NC(CNCc1ccccc1)C(=O)N1CCN(c2ccc(Cl)c(Cl)c2)CC1. The van der Waals surface area contributed by atoms with E-state index in [4.69, 9.17) is 28.9 Å². The molecule has 5 nitrogen and oxygen atoms in total. The summed E-state index contributed by atoms with van der Waals surface area (Å²) in [6, 6.07) is 15.1. The largest absolute Gasteiger partial charge is 0.368 e. The number of halogens is 2. The highest BCUT2D eigenvalue weighted by Gasteiger charge is 2.25. The van der Waals surface area contributed by atoms with Gasteiger partial charge in [0.1, 0.15) is 0 Å². The van der Waals surface area contributed by atoms with Gasteiger partial charge in [-0.1, -0.05) is 53.5 Å². The van der Waals surface area contributed by atoms with Crippen molar-refractivity contribution in [3.05, 3.63) is 64.1 Å². The zero-order valence-electron chi connectivity index (χ0n) is 15.1. The highest BCUT2D eigenvalue weighted by molar-refractivity contribution is 6.42. The lowest BCUT2D eigenvalue weighted by atomic mass is 10.2. The molecule has 1 amide bonds. The summed E-state index contributed by atoms with van der Waals surface area (Å²) in [6.07, 6.45) is 0. The van der Waals surface area contributed by atoms with Crippen LogP contribution in [0.4, 0.5) is 5.69 Å². The van der Waals surface area contributed by atoms with Gasteiger partial charge in [0.25, 0.3) is 0 Å². The number of carbonyl (C=O) groups excluding carboxylic acids is 1. The molecule has 1 heterocycles. The fourth-order valence-electron chi connectivity index (χ4n) is 3.16. The van der Waals surface area contributed by atoms with E-state index in [1.807, 2.05) is 47.4 Å². The van der Waals surface area contributed by atoms with Crippen LogP contribution < -0.4 is 16.0 Å². The molecular formula is C20H24Cl2N4O. The van der Waals surface area contributed by atoms with E-state index < -0.39 is 6.04 Å². The van der Waals surface area contributed by atoms with E-state index in [9.17, 15) is 4.79 Å². The molecule has 1 aliphatic heterocycles. The standard InChI is InChI=1S/C20H24Cl2N4O/c21-17-7-6-16(12-18(17)22)25-8-10-26(11-9-25)20(27)19(23)14-24-13-15-4-2-1-3-5-15/h1-7,12,19,24H,8-11,13-14,23H2. The minimum absolute atomic E-state index is 0.00986. The summed E-state index contributed by atoms with van der Waals surface area (Å²) in [7, 11) is 0. The van der Waals surface area contributed by atoms with E-state index in [0.29, 0.717) is 36.2 Å². The summed E-state index contributed by atoms with van der Waals surface area (Å²) in [5.41, 5.74) is 8.29. The average molecular weight is 407 g/mol. The van der Waals surface area contributed by atoms with Crippen LogP contribution in [0.25, 0.3) is 0 Å². The maximum atomic E-state index is 12.6. The van der Waals surface area contributed by atoms with E-state index in [1.165, 1.54) is 5.56 Å². The van der Waals surface area contributed by atoms with Gasteiger partial charge in [0.2, 0.25) is 5.91 Å². The van der Waals surface area contributed by atoms with Gasteiger partial charge in [-0.15, -0.1) is 0 Å². The van der Waals surface area contributed by atoms with Crippen LogP contribution >= 0.6 is 23.2 Å². The molecule has 27 heavy (non-hydrogen) atoms. The molecule has 1 saturated heterocycles. The molecule has 1 aliphatic rings. The van der Waals surface area contributed by atoms with Crippen LogP contribution in [0.5, 0.6) is 0 Å². The quantitative estimate of drug-likeness (QED) is 0.773. The van der Waals surface area contributed by atoms with Crippen molar-refractivity contribution in [1.82, 2.24) is 10.2 Å². The predicted molar refractivity (Wildman–Crippen MR) is 111 cm³/mol. The van der Waals surface area contributed by atoms with Crippen LogP contribution in [-0.4, -0.2) is 49.6 Å². The second kappa shape index (κ2) is 9.42. The number of hydrogen-bond donors (Lipinski definition) is 2. The second-order valence-electron chi connectivity index (χ2n) is 6.63. The van der Waals surface area contributed by atoms with Gasteiger partial charge in [0.05, 0.1) is 16.1 Å². The summed E-state index contributed by atoms with van der Waals surface area (Å²) in [4.78, 5) is 16.6.